The molecule has 0 fully saturated rings. The normalized spacial score (nSPS) is 12.9. The number of carbonyl (C=O) groups is 3. The second kappa shape index (κ2) is 63.3. The first kappa shape index (κ1) is 71.8. The van der Waals surface area contributed by atoms with Gasteiger partial charge in [0.05, 0.1) is 0 Å². The van der Waals surface area contributed by atoms with E-state index in [1.54, 1.807) is 0 Å². The molecular formula is C70H116O6. The molecule has 6 heteroatoms. The van der Waals surface area contributed by atoms with Crippen LogP contribution in [0.1, 0.15) is 284 Å². The fourth-order valence-electron chi connectivity index (χ4n) is 8.49. The molecule has 0 aliphatic carbocycles. The van der Waals surface area contributed by atoms with Crippen molar-refractivity contribution in [3.05, 3.63) is 122 Å². The van der Waals surface area contributed by atoms with Gasteiger partial charge in [-0.1, -0.05) is 271 Å². The van der Waals surface area contributed by atoms with E-state index in [4.69, 9.17) is 14.2 Å². The van der Waals surface area contributed by atoms with Crippen molar-refractivity contribution in [1.29, 1.82) is 0 Å². The predicted octanol–water partition coefficient (Wildman–Crippen LogP) is 21.6. The lowest BCUT2D eigenvalue weighted by molar-refractivity contribution is -0.167. The van der Waals surface area contributed by atoms with Gasteiger partial charge in [0.15, 0.2) is 6.10 Å². The van der Waals surface area contributed by atoms with Crippen molar-refractivity contribution in [1.82, 2.24) is 0 Å². The van der Waals surface area contributed by atoms with Crippen LogP contribution in [-0.2, 0) is 28.6 Å². The number of rotatable bonds is 56. The minimum absolute atomic E-state index is 0.0881. The first-order chi connectivity index (χ1) is 37.5. The lowest BCUT2D eigenvalue weighted by Gasteiger charge is -2.18. The highest BCUT2D eigenvalue weighted by Crippen LogP contribution is 2.15. The van der Waals surface area contributed by atoms with Crippen LogP contribution < -0.4 is 0 Å². The van der Waals surface area contributed by atoms with Crippen LogP contribution in [0.2, 0.25) is 0 Å². The number of ether oxygens (including phenoxy) is 3. The topological polar surface area (TPSA) is 78.9 Å². The molecule has 0 aliphatic heterocycles. The SMILES string of the molecule is CC/C=C\C/C=C\C/C=C\C/C=C\C/C=C\C/C=C\C/C=C\C/C=C\CCCCCCC(=O)OCC(COC(=O)CCCCCCCCCCCC)OC(=O)CCCCCCCCCCC/C=C\C/C=C\CCCCC. The van der Waals surface area contributed by atoms with Crippen molar-refractivity contribution < 1.29 is 28.6 Å². The number of carbonyl (C=O) groups excluding carboxylic acids is 3. The first-order valence-electron chi connectivity index (χ1n) is 31.5. The van der Waals surface area contributed by atoms with Crippen LogP contribution in [0.4, 0.5) is 0 Å². The summed E-state index contributed by atoms with van der Waals surface area (Å²) in [5, 5.41) is 0. The lowest BCUT2D eigenvalue weighted by atomic mass is 10.1. The summed E-state index contributed by atoms with van der Waals surface area (Å²) in [7, 11) is 0. The molecule has 1 atom stereocenters. The summed E-state index contributed by atoms with van der Waals surface area (Å²) in [5.41, 5.74) is 0. The molecule has 0 rings (SSSR count). The van der Waals surface area contributed by atoms with E-state index in [1.165, 1.54) is 116 Å². The van der Waals surface area contributed by atoms with Crippen LogP contribution in [0.15, 0.2) is 122 Å². The first-order valence-corrected chi connectivity index (χ1v) is 31.5. The van der Waals surface area contributed by atoms with Crippen molar-refractivity contribution in [3.63, 3.8) is 0 Å². The Bertz CT molecular complexity index is 1590. The molecule has 432 valence electrons. The van der Waals surface area contributed by atoms with Crippen molar-refractivity contribution in [2.24, 2.45) is 0 Å². The summed E-state index contributed by atoms with van der Waals surface area (Å²) in [6.07, 6.45) is 87.7. The molecule has 0 saturated heterocycles. The molecule has 0 saturated carbocycles. The molecule has 0 heterocycles. The summed E-state index contributed by atoms with van der Waals surface area (Å²) in [6, 6.07) is 0. The van der Waals surface area contributed by atoms with E-state index in [1.807, 2.05) is 0 Å². The number of allylic oxidation sites excluding steroid dienone is 20. The zero-order valence-electron chi connectivity index (χ0n) is 49.5. The van der Waals surface area contributed by atoms with E-state index >= 15 is 0 Å². The fourth-order valence-corrected chi connectivity index (χ4v) is 8.49. The maximum atomic E-state index is 12.9. The minimum Gasteiger partial charge on any atom is -0.462 e. The quantitative estimate of drug-likeness (QED) is 0.0261. The van der Waals surface area contributed by atoms with Crippen LogP contribution >= 0.6 is 0 Å². The number of unbranched alkanes of at least 4 members (excludes halogenated alkanes) is 25. The Morgan fingerprint density at radius 1 is 0.276 bits per heavy atom. The van der Waals surface area contributed by atoms with Gasteiger partial charge in [0, 0.05) is 19.3 Å². The standard InChI is InChI=1S/C70H116O6/c1-4-7-10-13-16-19-22-24-26-28-30-31-32-33-34-35-36-37-38-39-41-42-44-46-48-51-54-57-60-63-69(72)75-66-67(65-74-68(71)62-59-56-53-50-21-18-15-12-9-6-3)76-70(73)64-61-58-55-52-49-47-45-43-40-29-27-25-23-20-17-14-11-8-5-2/h7,10,16-17,19-20,24-27,30-31,33-34,36-37,39,41,44,46,67H,4-6,8-9,11-15,18,21-23,28-29,32,35,38,40,42-43,45,47-66H2,1-3H3/b10-7-,19-16-,20-17-,26-24-,27-25-,31-30-,34-33-,37-36-,41-39-,46-44-. The Morgan fingerprint density at radius 2 is 0.513 bits per heavy atom. The van der Waals surface area contributed by atoms with Crippen molar-refractivity contribution in [2.75, 3.05) is 13.2 Å². The van der Waals surface area contributed by atoms with Crippen LogP contribution in [0, 0.1) is 0 Å². The number of hydrogen-bond donors (Lipinski definition) is 0. The highest BCUT2D eigenvalue weighted by atomic mass is 16.6. The van der Waals surface area contributed by atoms with Gasteiger partial charge in [-0.2, -0.15) is 0 Å². The van der Waals surface area contributed by atoms with E-state index in [-0.39, 0.29) is 31.1 Å². The summed E-state index contributed by atoms with van der Waals surface area (Å²) >= 11 is 0. The lowest BCUT2D eigenvalue weighted by Crippen LogP contribution is -2.30. The fraction of sp³-hybridized carbons (Fsp3) is 0.671. The molecule has 0 aromatic heterocycles. The maximum Gasteiger partial charge on any atom is 0.306 e. The number of hydrogen-bond acceptors (Lipinski definition) is 6. The van der Waals surface area contributed by atoms with E-state index < -0.39 is 6.10 Å². The predicted molar refractivity (Wildman–Crippen MR) is 330 cm³/mol. The maximum absolute atomic E-state index is 12.9. The summed E-state index contributed by atoms with van der Waals surface area (Å²) < 4.78 is 16.9. The molecule has 0 N–H and O–H groups in total. The summed E-state index contributed by atoms with van der Waals surface area (Å²) in [5.74, 6) is -0.917. The molecule has 0 spiro atoms. The minimum atomic E-state index is -0.793. The molecule has 0 radical (unpaired) electrons. The van der Waals surface area contributed by atoms with Gasteiger partial charge in [0.25, 0.3) is 0 Å². The molecular weight excluding hydrogens is 937 g/mol. The van der Waals surface area contributed by atoms with Crippen molar-refractivity contribution in [2.45, 2.75) is 290 Å². The Morgan fingerprint density at radius 3 is 0.829 bits per heavy atom. The molecule has 0 aromatic carbocycles. The average molecular weight is 1050 g/mol. The van der Waals surface area contributed by atoms with E-state index in [0.717, 1.165) is 128 Å². The van der Waals surface area contributed by atoms with E-state index in [9.17, 15) is 14.4 Å². The van der Waals surface area contributed by atoms with E-state index in [2.05, 4.69) is 142 Å². The van der Waals surface area contributed by atoms with Crippen LogP contribution in [-0.4, -0.2) is 37.2 Å². The van der Waals surface area contributed by atoms with Gasteiger partial charge in [0.1, 0.15) is 13.2 Å². The molecule has 1 unspecified atom stereocenters. The van der Waals surface area contributed by atoms with Gasteiger partial charge in [-0.05, 0) is 116 Å². The zero-order valence-corrected chi connectivity index (χ0v) is 49.5. The third-order valence-corrected chi connectivity index (χ3v) is 13.2. The highest BCUT2D eigenvalue weighted by molar-refractivity contribution is 5.71. The molecule has 76 heavy (non-hydrogen) atoms. The van der Waals surface area contributed by atoms with Gasteiger partial charge in [-0.25, -0.2) is 0 Å². The Labute approximate surface area is 469 Å². The smallest absolute Gasteiger partial charge is 0.306 e. The average Bonchev–Trinajstić information content (AvgIpc) is 3.42. The monoisotopic (exact) mass is 1050 g/mol. The van der Waals surface area contributed by atoms with E-state index in [0.29, 0.717) is 19.3 Å². The van der Waals surface area contributed by atoms with Crippen molar-refractivity contribution >= 4 is 17.9 Å². The largest absolute Gasteiger partial charge is 0.462 e. The number of esters is 3. The highest BCUT2D eigenvalue weighted by Gasteiger charge is 2.19. The second-order valence-corrected chi connectivity index (χ2v) is 20.6. The van der Waals surface area contributed by atoms with Gasteiger partial charge in [-0.15, -0.1) is 0 Å². The summed E-state index contributed by atoms with van der Waals surface area (Å²) in [4.78, 5) is 38.2. The molecule has 0 bridgehead atoms. The second-order valence-electron chi connectivity index (χ2n) is 20.6. The molecule has 0 amide bonds. The van der Waals surface area contributed by atoms with Gasteiger partial charge < -0.3 is 14.2 Å². The Kier molecular flexibility index (Phi) is 59.9. The third kappa shape index (κ3) is 60.7. The molecule has 0 aromatic rings. The van der Waals surface area contributed by atoms with Crippen LogP contribution in [0.25, 0.3) is 0 Å². The molecule has 6 nitrogen and oxygen atoms in total. The zero-order chi connectivity index (χ0) is 55.0. The summed E-state index contributed by atoms with van der Waals surface area (Å²) in [6.45, 7) is 6.47. The van der Waals surface area contributed by atoms with Gasteiger partial charge >= 0.3 is 17.9 Å². The van der Waals surface area contributed by atoms with Crippen LogP contribution in [0.5, 0.6) is 0 Å². The Hall–Kier alpha value is -4.19. The van der Waals surface area contributed by atoms with Gasteiger partial charge in [0.2, 0.25) is 0 Å². The van der Waals surface area contributed by atoms with Crippen LogP contribution in [0.3, 0.4) is 0 Å². The third-order valence-electron chi connectivity index (χ3n) is 13.2. The molecule has 0 aliphatic rings. The Balaban J connectivity index is 4.33. The van der Waals surface area contributed by atoms with Crippen molar-refractivity contribution in [3.8, 4) is 0 Å². The van der Waals surface area contributed by atoms with Gasteiger partial charge in [-0.3, -0.25) is 14.4 Å².